The molecule has 0 aliphatic heterocycles. The lowest BCUT2D eigenvalue weighted by Crippen LogP contribution is -2.11. The zero-order valence-electron chi connectivity index (χ0n) is 12.8. The Balaban J connectivity index is 1.79. The predicted molar refractivity (Wildman–Crippen MR) is 87.8 cm³/mol. The first-order valence-corrected chi connectivity index (χ1v) is 8.34. The fourth-order valence-corrected chi connectivity index (χ4v) is 3.66. The molecule has 1 heterocycles. The molecule has 2 atom stereocenters. The molecule has 0 amide bonds. The summed E-state index contributed by atoms with van der Waals surface area (Å²) < 4.78 is 2.03. The summed E-state index contributed by atoms with van der Waals surface area (Å²) in [6, 6.07) is 11.2. The molecule has 3 rings (SSSR count). The fraction of sp³-hybridized carbons (Fsp3) is 0.500. The van der Waals surface area contributed by atoms with E-state index in [0.29, 0.717) is 12.0 Å². The molecule has 1 aliphatic rings. The third-order valence-electron chi connectivity index (χ3n) is 4.45. The normalized spacial score (nSPS) is 22.1. The fourth-order valence-electron chi connectivity index (χ4n) is 3.23. The number of aryl methyl sites for hydroxylation is 1. The van der Waals surface area contributed by atoms with Crippen LogP contribution in [0, 0.1) is 5.92 Å². The van der Waals surface area contributed by atoms with Crippen LogP contribution in [-0.2, 0) is 12.8 Å². The van der Waals surface area contributed by atoms with Crippen LogP contribution in [-0.4, -0.2) is 9.78 Å². The average molecular weight is 303 g/mol. The first-order chi connectivity index (χ1) is 10.1. The van der Waals surface area contributed by atoms with Crippen molar-refractivity contribution in [3.8, 4) is 0 Å². The Bertz CT molecular complexity index is 603. The number of alkyl halides is 1. The first kappa shape index (κ1) is 14.6. The van der Waals surface area contributed by atoms with E-state index in [9.17, 15) is 0 Å². The molecular formula is C18H23ClN2. The molecule has 1 aliphatic carbocycles. The lowest BCUT2D eigenvalue weighted by molar-refractivity contribution is 0.452. The van der Waals surface area contributed by atoms with Crippen LogP contribution in [0.1, 0.15) is 54.9 Å². The van der Waals surface area contributed by atoms with Gasteiger partial charge in [0, 0.05) is 12.2 Å². The summed E-state index contributed by atoms with van der Waals surface area (Å²) in [7, 11) is 0. The van der Waals surface area contributed by atoms with Gasteiger partial charge in [-0.05, 0) is 62.6 Å². The quantitative estimate of drug-likeness (QED) is 0.580. The number of rotatable bonds is 3. The number of benzene rings is 1. The standard InChI is InChI=1S/C18H23ClN2/c1-13(2)21-11-10-16(20-21)12-15-8-5-7-14-6-3-4-9-17(14)18(15)19/h3-4,6,9-11,13,15,18H,5,7-8,12H2,1-2H3. The van der Waals surface area contributed by atoms with E-state index in [1.165, 1.54) is 29.7 Å². The highest BCUT2D eigenvalue weighted by molar-refractivity contribution is 6.21. The van der Waals surface area contributed by atoms with Crippen molar-refractivity contribution in [1.82, 2.24) is 9.78 Å². The number of halogens is 1. The minimum absolute atomic E-state index is 0.105. The minimum atomic E-state index is 0.105. The highest BCUT2D eigenvalue weighted by atomic mass is 35.5. The average Bonchev–Trinajstić information content (AvgIpc) is 2.89. The molecule has 2 nitrogen and oxygen atoms in total. The van der Waals surface area contributed by atoms with Gasteiger partial charge in [-0.3, -0.25) is 4.68 Å². The van der Waals surface area contributed by atoms with Gasteiger partial charge in [0.25, 0.3) is 0 Å². The van der Waals surface area contributed by atoms with Crippen LogP contribution >= 0.6 is 11.6 Å². The summed E-state index contributed by atoms with van der Waals surface area (Å²) in [5, 5.41) is 4.79. The number of aromatic nitrogens is 2. The van der Waals surface area contributed by atoms with Crippen molar-refractivity contribution in [2.24, 2.45) is 5.92 Å². The maximum atomic E-state index is 6.80. The monoisotopic (exact) mass is 302 g/mol. The van der Waals surface area contributed by atoms with E-state index in [1.54, 1.807) is 0 Å². The topological polar surface area (TPSA) is 17.8 Å². The molecule has 0 N–H and O–H groups in total. The molecule has 0 fully saturated rings. The summed E-state index contributed by atoms with van der Waals surface area (Å²) in [6.45, 7) is 4.31. The largest absolute Gasteiger partial charge is 0.270 e. The van der Waals surface area contributed by atoms with E-state index in [4.69, 9.17) is 11.6 Å². The Labute approximate surface area is 132 Å². The zero-order valence-corrected chi connectivity index (χ0v) is 13.6. The van der Waals surface area contributed by atoms with Crippen LogP contribution in [0.15, 0.2) is 36.5 Å². The second-order valence-electron chi connectivity index (χ2n) is 6.34. The summed E-state index contributed by atoms with van der Waals surface area (Å²) >= 11 is 6.80. The first-order valence-electron chi connectivity index (χ1n) is 7.91. The van der Waals surface area contributed by atoms with E-state index in [-0.39, 0.29) is 5.38 Å². The van der Waals surface area contributed by atoms with E-state index >= 15 is 0 Å². The number of nitrogens with zero attached hydrogens (tertiary/aromatic N) is 2. The van der Waals surface area contributed by atoms with Gasteiger partial charge in [-0.2, -0.15) is 5.10 Å². The summed E-state index contributed by atoms with van der Waals surface area (Å²) in [5.41, 5.74) is 3.91. The van der Waals surface area contributed by atoms with Crippen molar-refractivity contribution >= 4 is 11.6 Å². The Morgan fingerprint density at radius 2 is 2.10 bits per heavy atom. The third-order valence-corrected chi connectivity index (χ3v) is 5.04. The second kappa shape index (κ2) is 6.23. The van der Waals surface area contributed by atoms with Gasteiger partial charge in [0.2, 0.25) is 0 Å². The van der Waals surface area contributed by atoms with E-state index in [0.717, 1.165) is 12.8 Å². The van der Waals surface area contributed by atoms with E-state index in [1.807, 2.05) is 4.68 Å². The van der Waals surface area contributed by atoms with Gasteiger partial charge in [-0.25, -0.2) is 0 Å². The van der Waals surface area contributed by atoms with Crippen LogP contribution in [0.2, 0.25) is 0 Å². The maximum Gasteiger partial charge on any atom is 0.0628 e. The molecule has 0 bridgehead atoms. The van der Waals surface area contributed by atoms with Crippen molar-refractivity contribution in [2.75, 3.05) is 0 Å². The van der Waals surface area contributed by atoms with Gasteiger partial charge in [-0.15, -0.1) is 11.6 Å². The Hall–Kier alpha value is -1.28. The summed E-state index contributed by atoms with van der Waals surface area (Å²) in [6.07, 6.45) is 6.60. The van der Waals surface area contributed by atoms with Crippen LogP contribution < -0.4 is 0 Å². The smallest absolute Gasteiger partial charge is 0.0628 e. The van der Waals surface area contributed by atoms with E-state index in [2.05, 4.69) is 55.5 Å². The van der Waals surface area contributed by atoms with Gasteiger partial charge in [0.1, 0.15) is 0 Å². The SMILES string of the molecule is CC(C)n1ccc(CC2CCCc3ccccc3C2Cl)n1. The maximum absolute atomic E-state index is 6.80. The number of hydrogen-bond donors (Lipinski definition) is 0. The van der Waals surface area contributed by atoms with Gasteiger partial charge < -0.3 is 0 Å². The van der Waals surface area contributed by atoms with Crippen LogP contribution in [0.5, 0.6) is 0 Å². The summed E-state index contributed by atoms with van der Waals surface area (Å²) in [4.78, 5) is 0. The van der Waals surface area contributed by atoms with Crippen LogP contribution in [0.4, 0.5) is 0 Å². The molecule has 0 radical (unpaired) electrons. The van der Waals surface area contributed by atoms with Gasteiger partial charge in [0.15, 0.2) is 0 Å². The Morgan fingerprint density at radius 1 is 1.29 bits per heavy atom. The van der Waals surface area contributed by atoms with Gasteiger partial charge >= 0.3 is 0 Å². The van der Waals surface area contributed by atoms with Crippen molar-refractivity contribution < 1.29 is 0 Å². The van der Waals surface area contributed by atoms with Gasteiger partial charge in [-0.1, -0.05) is 24.3 Å². The molecule has 2 aromatic rings. The molecule has 0 saturated carbocycles. The molecule has 3 heteroatoms. The Morgan fingerprint density at radius 3 is 2.86 bits per heavy atom. The lowest BCUT2D eigenvalue weighted by Gasteiger charge is -2.20. The van der Waals surface area contributed by atoms with Crippen molar-refractivity contribution in [3.05, 3.63) is 53.3 Å². The predicted octanol–water partition coefficient (Wildman–Crippen LogP) is 4.94. The molecule has 1 aromatic carbocycles. The lowest BCUT2D eigenvalue weighted by atomic mass is 9.92. The highest BCUT2D eigenvalue weighted by Crippen LogP contribution is 2.39. The van der Waals surface area contributed by atoms with E-state index < -0.39 is 0 Å². The molecule has 0 saturated heterocycles. The molecule has 0 spiro atoms. The second-order valence-corrected chi connectivity index (χ2v) is 6.81. The minimum Gasteiger partial charge on any atom is -0.270 e. The van der Waals surface area contributed by atoms with Crippen LogP contribution in [0.3, 0.4) is 0 Å². The third kappa shape index (κ3) is 3.16. The number of fused-ring (bicyclic) bond motifs is 1. The summed E-state index contributed by atoms with van der Waals surface area (Å²) in [5.74, 6) is 0.478. The molecule has 112 valence electrons. The Kier molecular flexibility index (Phi) is 4.34. The van der Waals surface area contributed by atoms with Crippen molar-refractivity contribution in [2.45, 2.75) is 50.9 Å². The molecule has 2 unspecified atom stereocenters. The molecule has 21 heavy (non-hydrogen) atoms. The van der Waals surface area contributed by atoms with Gasteiger partial charge in [0.05, 0.1) is 11.1 Å². The van der Waals surface area contributed by atoms with Crippen molar-refractivity contribution in [3.63, 3.8) is 0 Å². The zero-order chi connectivity index (χ0) is 14.8. The van der Waals surface area contributed by atoms with Crippen molar-refractivity contribution in [1.29, 1.82) is 0 Å². The highest BCUT2D eigenvalue weighted by Gasteiger charge is 2.26. The molecular weight excluding hydrogens is 280 g/mol. The number of hydrogen-bond acceptors (Lipinski definition) is 1. The molecule has 1 aromatic heterocycles. The van der Waals surface area contributed by atoms with Crippen LogP contribution in [0.25, 0.3) is 0 Å².